The second-order valence-electron chi connectivity index (χ2n) is 5.51. The zero-order valence-electron chi connectivity index (χ0n) is 11.4. The topological polar surface area (TPSA) is 45.4 Å². The number of nitrogens with one attached hydrogen (secondary N) is 1. The van der Waals surface area contributed by atoms with E-state index in [9.17, 15) is 5.11 Å². The number of aliphatic hydroxyl groups is 1. The Bertz CT molecular complexity index is 520. The number of rotatable bonds is 3. The predicted octanol–water partition coefficient (Wildman–Crippen LogP) is 3.17. The largest absolute Gasteiger partial charge is 0.458 e. The van der Waals surface area contributed by atoms with Crippen LogP contribution in [0.15, 0.2) is 34.7 Å². The van der Waals surface area contributed by atoms with Crippen LogP contribution in [0.4, 0.5) is 0 Å². The number of hydrogen-bond acceptors (Lipinski definition) is 3. The van der Waals surface area contributed by atoms with E-state index >= 15 is 0 Å². The van der Waals surface area contributed by atoms with Crippen LogP contribution in [0.3, 0.4) is 0 Å². The van der Waals surface area contributed by atoms with Gasteiger partial charge in [-0.2, -0.15) is 0 Å². The molecule has 0 amide bonds. The van der Waals surface area contributed by atoms with E-state index in [0.717, 1.165) is 49.0 Å². The molecule has 1 aromatic carbocycles. The fourth-order valence-corrected chi connectivity index (χ4v) is 3.05. The van der Waals surface area contributed by atoms with Crippen molar-refractivity contribution in [2.24, 2.45) is 0 Å². The van der Waals surface area contributed by atoms with Crippen molar-refractivity contribution in [1.29, 1.82) is 0 Å². The van der Waals surface area contributed by atoms with Crippen molar-refractivity contribution in [1.82, 2.24) is 5.32 Å². The highest BCUT2D eigenvalue weighted by atomic mass is 16.4. The van der Waals surface area contributed by atoms with Gasteiger partial charge in [-0.3, -0.25) is 0 Å². The zero-order valence-corrected chi connectivity index (χ0v) is 11.4. The maximum absolute atomic E-state index is 10.8. The molecule has 0 radical (unpaired) electrons. The molecule has 0 bridgehead atoms. The Morgan fingerprint density at radius 3 is 2.74 bits per heavy atom. The second-order valence-corrected chi connectivity index (χ2v) is 5.51. The lowest BCUT2D eigenvalue weighted by Gasteiger charge is -2.34. The third-order valence-electron chi connectivity index (χ3n) is 4.19. The molecule has 0 unspecified atom stereocenters. The average Bonchev–Trinajstić information content (AvgIpc) is 2.86. The molecule has 1 aliphatic rings. The van der Waals surface area contributed by atoms with Crippen LogP contribution in [0.25, 0.3) is 11.0 Å². The van der Waals surface area contributed by atoms with Crippen LogP contribution in [0, 0.1) is 0 Å². The maximum Gasteiger partial charge on any atom is 0.136 e. The summed E-state index contributed by atoms with van der Waals surface area (Å²) in [6, 6.07) is 10.5. The minimum atomic E-state index is -0.787. The van der Waals surface area contributed by atoms with Crippen LogP contribution < -0.4 is 5.32 Å². The molecule has 1 heterocycles. The summed E-state index contributed by atoms with van der Waals surface area (Å²) in [5.74, 6) is 0.726. The Hall–Kier alpha value is -1.32. The van der Waals surface area contributed by atoms with E-state index in [1.54, 1.807) is 0 Å². The van der Waals surface area contributed by atoms with Crippen molar-refractivity contribution >= 4 is 11.0 Å². The van der Waals surface area contributed by atoms with Crippen LogP contribution in [-0.4, -0.2) is 17.7 Å². The van der Waals surface area contributed by atoms with Gasteiger partial charge in [-0.1, -0.05) is 25.1 Å². The van der Waals surface area contributed by atoms with Gasteiger partial charge in [0.2, 0.25) is 0 Å². The quantitative estimate of drug-likeness (QED) is 0.890. The summed E-state index contributed by atoms with van der Waals surface area (Å²) >= 11 is 0. The summed E-state index contributed by atoms with van der Waals surface area (Å²) in [5.41, 5.74) is 0.0741. The molecule has 19 heavy (non-hydrogen) atoms. The van der Waals surface area contributed by atoms with Gasteiger partial charge in [-0.05, 0) is 44.4 Å². The Kier molecular flexibility index (Phi) is 3.33. The maximum atomic E-state index is 10.8. The van der Waals surface area contributed by atoms with E-state index in [-0.39, 0.29) is 0 Å². The molecule has 3 nitrogen and oxygen atoms in total. The molecule has 0 spiro atoms. The van der Waals surface area contributed by atoms with E-state index in [0.29, 0.717) is 6.04 Å². The lowest BCUT2D eigenvalue weighted by atomic mass is 9.80. The van der Waals surface area contributed by atoms with Crippen LogP contribution >= 0.6 is 0 Å². The third kappa shape index (κ3) is 2.40. The lowest BCUT2D eigenvalue weighted by molar-refractivity contribution is -0.0253. The number of furan rings is 1. The van der Waals surface area contributed by atoms with E-state index < -0.39 is 5.60 Å². The zero-order chi connectivity index (χ0) is 13.3. The molecule has 3 heteroatoms. The second kappa shape index (κ2) is 4.99. The summed E-state index contributed by atoms with van der Waals surface area (Å²) < 4.78 is 5.84. The molecular formula is C16H21NO2. The smallest absolute Gasteiger partial charge is 0.136 e. The van der Waals surface area contributed by atoms with E-state index in [4.69, 9.17) is 4.42 Å². The molecule has 1 saturated carbocycles. The Morgan fingerprint density at radius 1 is 1.32 bits per heavy atom. The van der Waals surface area contributed by atoms with Gasteiger partial charge < -0.3 is 14.8 Å². The molecule has 1 fully saturated rings. The molecule has 2 N–H and O–H groups in total. The summed E-state index contributed by atoms with van der Waals surface area (Å²) in [4.78, 5) is 0. The number of fused-ring (bicyclic) bond motifs is 1. The van der Waals surface area contributed by atoms with Gasteiger partial charge in [0, 0.05) is 11.4 Å². The fraction of sp³-hybridized carbons (Fsp3) is 0.500. The minimum Gasteiger partial charge on any atom is -0.458 e. The van der Waals surface area contributed by atoms with Gasteiger partial charge in [0.05, 0.1) is 0 Å². The van der Waals surface area contributed by atoms with Crippen LogP contribution in [0.5, 0.6) is 0 Å². The summed E-state index contributed by atoms with van der Waals surface area (Å²) in [5, 5.41) is 15.3. The first-order chi connectivity index (χ1) is 9.21. The average molecular weight is 259 g/mol. The van der Waals surface area contributed by atoms with Crippen LogP contribution in [0.1, 0.15) is 38.4 Å². The molecule has 3 rings (SSSR count). The van der Waals surface area contributed by atoms with Crippen molar-refractivity contribution in [2.45, 2.75) is 44.2 Å². The number of benzene rings is 1. The van der Waals surface area contributed by atoms with E-state index in [1.807, 2.05) is 30.3 Å². The van der Waals surface area contributed by atoms with Crippen LogP contribution in [0.2, 0.25) is 0 Å². The molecule has 2 aromatic rings. The highest BCUT2D eigenvalue weighted by Gasteiger charge is 2.37. The molecule has 1 aromatic heterocycles. The Labute approximate surface area is 113 Å². The van der Waals surface area contributed by atoms with Crippen molar-refractivity contribution < 1.29 is 9.52 Å². The molecule has 0 saturated heterocycles. The standard InChI is InChI=1S/C16H21NO2/c1-2-17-13-7-9-16(18,10-8-13)15-11-12-5-3-4-6-14(12)19-15/h3-6,11,13,17-18H,2,7-10H2,1H3. The Balaban J connectivity index is 1.81. The summed E-state index contributed by atoms with van der Waals surface area (Å²) in [6.07, 6.45) is 3.54. The Morgan fingerprint density at radius 2 is 2.05 bits per heavy atom. The highest BCUT2D eigenvalue weighted by molar-refractivity contribution is 5.77. The van der Waals surface area contributed by atoms with Crippen LogP contribution in [-0.2, 0) is 5.60 Å². The molecule has 1 aliphatic carbocycles. The van der Waals surface area contributed by atoms with Crippen molar-refractivity contribution in [3.8, 4) is 0 Å². The normalized spacial score (nSPS) is 27.8. The molecule has 0 atom stereocenters. The first kappa shape index (κ1) is 12.7. The summed E-state index contributed by atoms with van der Waals surface area (Å²) in [6.45, 7) is 3.12. The van der Waals surface area contributed by atoms with Gasteiger partial charge >= 0.3 is 0 Å². The molecule has 102 valence electrons. The summed E-state index contributed by atoms with van der Waals surface area (Å²) in [7, 11) is 0. The SMILES string of the molecule is CCNC1CCC(O)(c2cc3ccccc3o2)CC1. The highest BCUT2D eigenvalue weighted by Crippen LogP contribution is 2.39. The minimum absolute atomic E-state index is 0.537. The number of hydrogen-bond donors (Lipinski definition) is 2. The van der Waals surface area contributed by atoms with E-state index in [2.05, 4.69) is 12.2 Å². The van der Waals surface area contributed by atoms with Gasteiger partial charge in [0.15, 0.2) is 0 Å². The van der Waals surface area contributed by atoms with Gasteiger partial charge in [0.1, 0.15) is 16.9 Å². The van der Waals surface area contributed by atoms with Gasteiger partial charge in [-0.15, -0.1) is 0 Å². The third-order valence-corrected chi connectivity index (χ3v) is 4.19. The molecule has 0 aliphatic heterocycles. The first-order valence-electron chi connectivity index (χ1n) is 7.16. The monoisotopic (exact) mass is 259 g/mol. The first-order valence-corrected chi connectivity index (χ1v) is 7.16. The predicted molar refractivity (Wildman–Crippen MR) is 76.0 cm³/mol. The van der Waals surface area contributed by atoms with Crippen molar-refractivity contribution in [3.63, 3.8) is 0 Å². The van der Waals surface area contributed by atoms with Crippen molar-refractivity contribution in [2.75, 3.05) is 6.54 Å². The van der Waals surface area contributed by atoms with Gasteiger partial charge in [0.25, 0.3) is 0 Å². The number of para-hydroxylation sites is 1. The van der Waals surface area contributed by atoms with Crippen molar-refractivity contribution in [3.05, 3.63) is 36.1 Å². The fourth-order valence-electron chi connectivity index (χ4n) is 3.05. The van der Waals surface area contributed by atoms with E-state index in [1.165, 1.54) is 0 Å². The van der Waals surface area contributed by atoms with Gasteiger partial charge in [-0.25, -0.2) is 0 Å². The lowest BCUT2D eigenvalue weighted by Crippen LogP contribution is -2.39. The molecular weight excluding hydrogens is 238 g/mol.